The molecule has 84 valence electrons. The maximum Gasteiger partial charge on any atom is 0.170 e. The van der Waals surface area contributed by atoms with Crippen molar-refractivity contribution in [3.8, 4) is 5.69 Å². The van der Waals surface area contributed by atoms with E-state index in [1.165, 1.54) is 0 Å². The molecule has 2 rings (SSSR count). The van der Waals surface area contributed by atoms with Crippen LogP contribution in [0.2, 0.25) is 0 Å². The highest BCUT2D eigenvalue weighted by molar-refractivity contribution is 9.10. The SMILES string of the molecule is CNCc1nnnn1-c1cc(C)cc(Br)c1. The third-order valence-electron chi connectivity index (χ3n) is 2.14. The molecule has 1 aromatic heterocycles. The van der Waals surface area contributed by atoms with E-state index in [-0.39, 0.29) is 0 Å². The van der Waals surface area contributed by atoms with Gasteiger partial charge in [-0.2, -0.15) is 4.68 Å². The van der Waals surface area contributed by atoms with Gasteiger partial charge in [0.2, 0.25) is 0 Å². The number of benzene rings is 1. The molecule has 1 heterocycles. The van der Waals surface area contributed by atoms with Gasteiger partial charge in [0.15, 0.2) is 5.82 Å². The van der Waals surface area contributed by atoms with Crippen molar-refractivity contribution in [2.45, 2.75) is 13.5 Å². The van der Waals surface area contributed by atoms with Crippen LogP contribution in [0.1, 0.15) is 11.4 Å². The van der Waals surface area contributed by atoms with E-state index in [9.17, 15) is 0 Å². The van der Waals surface area contributed by atoms with Crippen LogP contribution >= 0.6 is 15.9 Å². The van der Waals surface area contributed by atoms with Gasteiger partial charge in [-0.1, -0.05) is 15.9 Å². The fourth-order valence-electron chi connectivity index (χ4n) is 1.51. The topological polar surface area (TPSA) is 55.6 Å². The van der Waals surface area contributed by atoms with Gasteiger partial charge in [-0.3, -0.25) is 0 Å². The molecule has 0 fully saturated rings. The zero-order valence-corrected chi connectivity index (χ0v) is 10.7. The number of halogens is 1. The molecule has 0 amide bonds. The van der Waals surface area contributed by atoms with Gasteiger partial charge in [-0.05, 0) is 48.2 Å². The van der Waals surface area contributed by atoms with Crippen molar-refractivity contribution in [1.82, 2.24) is 25.5 Å². The summed E-state index contributed by atoms with van der Waals surface area (Å²) in [5, 5.41) is 14.7. The molecule has 0 aliphatic heterocycles. The first-order chi connectivity index (χ1) is 7.70. The Morgan fingerprint density at radius 1 is 1.38 bits per heavy atom. The molecule has 0 aliphatic rings. The number of hydrogen-bond acceptors (Lipinski definition) is 4. The van der Waals surface area contributed by atoms with Crippen LogP contribution in [0.5, 0.6) is 0 Å². The largest absolute Gasteiger partial charge is 0.313 e. The average Bonchev–Trinajstić information content (AvgIpc) is 2.65. The first kappa shape index (κ1) is 11.2. The lowest BCUT2D eigenvalue weighted by atomic mass is 10.2. The molecule has 1 N–H and O–H groups in total. The Balaban J connectivity index is 2.45. The van der Waals surface area contributed by atoms with Gasteiger partial charge < -0.3 is 5.32 Å². The second-order valence-corrected chi connectivity index (χ2v) is 4.44. The van der Waals surface area contributed by atoms with Crippen molar-refractivity contribution in [2.75, 3.05) is 7.05 Å². The summed E-state index contributed by atoms with van der Waals surface area (Å²) in [5.74, 6) is 0.792. The van der Waals surface area contributed by atoms with Crippen LogP contribution in [0.4, 0.5) is 0 Å². The monoisotopic (exact) mass is 281 g/mol. The summed E-state index contributed by atoms with van der Waals surface area (Å²) in [4.78, 5) is 0. The number of hydrogen-bond donors (Lipinski definition) is 1. The minimum absolute atomic E-state index is 0.637. The van der Waals surface area contributed by atoms with Gasteiger partial charge in [-0.15, -0.1) is 5.10 Å². The molecule has 6 heteroatoms. The highest BCUT2D eigenvalue weighted by Gasteiger charge is 2.07. The maximum atomic E-state index is 3.98. The number of aromatic nitrogens is 4. The van der Waals surface area contributed by atoms with Crippen LogP contribution in [0, 0.1) is 6.92 Å². The molecule has 0 saturated carbocycles. The Labute approximate surface area is 102 Å². The van der Waals surface area contributed by atoms with Crippen LogP contribution in [0.3, 0.4) is 0 Å². The van der Waals surface area contributed by atoms with Gasteiger partial charge in [0.25, 0.3) is 0 Å². The molecule has 1 aromatic carbocycles. The molecular weight excluding hydrogens is 270 g/mol. The molecule has 0 bridgehead atoms. The third kappa shape index (κ3) is 2.28. The fourth-order valence-corrected chi connectivity index (χ4v) is 2.11. The summed E-state index contributed by atoms with van der Waals surface area (Å²) in [7, 11) is 1.87. The first-order valence-corrected chi connectivity index (χ1v) is 5.69. The second-order valence-electron chi connectivity index (χ2n) is 3.52. The summed E-state index contributed by atoms with van der Waals surface area (Å²) in [6.07, 6.45) is 0. The number of nitrogens with one attached hydrogen (secondary N) is 1. The van der Waals surface area contributed by atoms with Gasteiger partial charge in [0.1, 0.15) is 0 Å². The Hall–Kier alpha value is -1.27. The van der Waals surface area contributed by atoms with Crippen LogP contribution in [0.25, 0.3) is 5.69 Å². The summed E-state index contributed by atoms with van der Waals surface area (Å²) in [6, 6.07) is 6.08. The van der Waals surface area contributed by atoms with Crippen LogP contribution in [-0.4, -0.2) is 27.3 Å². The number of tetrazole rings is 1. The minimum Gasteiger partial charge on any atom is -0.313 e. The molecule has 0 unspecified atom stereocenters. The molecule has 0 radical (unpaired) electrons. The Bertz CT molecular complexity index is 473. The van der Waals surface area contributed by atoms with E-state index in [0.717, 1.165) is 21.5 Å². The van der Waals surface area contributed by atoms with Crippen molar-refractivity contribution >= 4 is 15.9 Å². The smallest absolute Gasteiger partial charge is 0.170 e. The quantitative estimate of drug-likeness (QED) is 0.925. The van der Waals surface area contributed by atoms with Gasteiger partial charge in [0.05, 0.1) is 12.2 Å². The average molecular weight is 282 g/mol. The fraction of sp³-hybridized carbons (Fsp3) is 0.300. The summed E-state index contributed by atoms with van der Waals surface area (Å²) < 4.78 is 2.75. The van der Waals surface area contributed by atoms with E-state index in [0.29, 0.717) is 6.54 Å². The van der Waals surface area contributed by atoms with Gasteiger partial charge in [0, 0.05) is 4.47 Å². The normalized spacial score (nSPS) is 10.7. The molecule has 0 atom stereocenters. The van der Waals surface area contributed by atoms with Crippen LogP contribution in [0.15, 0.2) is 22.7 Å². The van der Waals surface area contributed by atoms with Crippen molar-refractivity contribution in [3.63, 3.8) is 0 Å². The zero-order valence-electron chi connectivity index (χ0n) is 9.11. The first-order valence-electron chi connectivity index (χ1n) is 4.90. The second kappa shape index (κ2) is 4.71. The van der Waals surface area contributed by atoms with E-state index in [4.69, 9.17) is 0 Å². The van der Waals surface area contributed by atoms with Gasteiger partial charge in [-0.25, -0.2) is 0 Å². The van der Waals surface area contributed by atoms with Crippen molar-refractivity contribution in [3.05, 3.63) is 34.1 Å². The molecule has 16 heavy (non-hydrogen) atoms. The standard InChI is InChI=1S/C10H12BrN5/c1-7-3-8(11)5-9(4-7)16-10(6-12-2)13-14-15-16/h3-5,12H,6H2,1-2H3. The van der Waals surface area contributed by atoms with Crippen molar-refractivity contribution in [2.24, 2.45) is 0 Å². The van der Waals surface area contributed by atoms with E-state index >= 15 is 0 Å². The summed E-state index contributed by atoms with van der Waals surface area (Å²) in [6.45, 7) is 2.68. The molecule has 5 nitrogen and oxygen atoms in total. The number of rotatable bonds is 3. The van der Waals surface area contributed by atoms with Crippen molar-refractivity contribution in [1.29, 1.82) is 0 Å². The summed E-state index contributed by atoms with van der Waals surface area (Å²) in [5.41, 5.74) is 2.12. The third-order valence-corrected chi connectivity index (χ3v) is 2.60. The lowest BCUT2D eigenvalue weighted by Crippen LogP contribution is -2.12. The number of nitrogens with zero attached hydrogens (tertiary/aromatic N) is 4. The molecule has 0 spiro atoms. The Morgan fingerprint density at radius 3 is 2.88 bits per heavy atom. The Morgan fingerprint density at radius 2 is 2.19 bits per heavy atom. The van der Waals surface area contributed by atoms with E-state index < -0.39 is 0 Å². The van der Waals surface area contributed by atoms with E-state index in [1.807, 2.05) is 32.2 Å². The highest BCUT2D eigenvalue weighted by atomic mass is 79.9. The zero-order chi connectivity index (χ0) is 11.5. The number of aryl methyl sites for hydroxylation is 1. The molecule has 0 aliphatic carbocycles. The Kier molecular flexibility index (Phi) is 3.31. The molecule has 2 aromatic rings. The van der Waals surface area contributed by atoms with E-state index in [1.54, 1.807) is 4.68 Å². The summed E-state index contributed by atoms with van der Waals surface area (Å²) >= 11 is 3.46. The van der Waals surface area contributed by atoms with Crippen LogP contribution < -0.4 is 5.32 Å². The van der Waals surface area contributed by atoms with Gasteiger partial charge >= 0.3 is 0 Å². The lowest BCUT2D eigenvalue weighted by molar-refractivity contribution is 0.708. The predicted molar refractivity (Wildman–Crippen MR) is 64.4 cm³/mol. The maximum absolute atomic E-state index is 3.98. The molecular formula is C10H12BrN5. The highest BCUT2D eigenvalue weighted by Crippen LogP contribution is 2.18. The van der Waals surface area contributed by atoms with Crippen molar-refractivity contribution < 1.29 is 0 Å². The molecule has 0 saturated heterocycles. The van der Waals surface area contributed by atoms with Crippen LogP contribution in [-0.2, 0) is 6.54 Å². The van der Waals surface area contributed by atoms with E-state index in [2.05, 4.69) is 36.8 Å². The minimum atomic E-state index is 0.637. The predicted octanol–water partition coefficient (Wildman–Crippen LogP) is 1.45. The lowest BCUT2D eigenvalue weighted by Gasteiger charge is -2.05.